The van der Waals surface area contributed by atoms with Crippen molar-refractivity contribution in [2.75, 3.05) is 6.61 Å². The molecule has 1 aromatic rings. The quantitative estimate of drug-likeness (QED) is 0.835. The highest BCUT2D eigenvalue weighted by Crippen LogP contribution is 2.37. The van der Waals surface area contributed by atoms with Crippen LogP contribution in [0.25, 0.3) is 0 Å². The van der Waals surface area contributed by atoms with Crippen LogP contribution in [-0.4, -0.2) is 17.6 Å². The Balaban J connectivity index is 3.24. The van der Waals surface area contributed by atoms with Gasteiger partial charge in [0.1, 0.15) is 6.61 Å². The summed E-state index contributed by atoms with van der Waals surface area (Å²) < 4.78 is 63.7. The second-order valence-electron chi connectivity index (χ2n) is 3.63. The van der Waals surface area contributed by atoms with Gasteiger partial charge in [-0.15, -0.1) is 0 Å². The van der Waals surface area contributed by atoms with Gasteiger partial charge in [0.05, 0.1) is 11.6 Å². The van der Waals surface area contributed by atoms with E-state index in [4.69, 9.17) is 10.8 Å². The zero-order valence-corrected chi connectivity index (χ0v) is 10.4. The second kappa shape index (κ2) is 5.10. The van der Waals surface area contributed by atoms with Crippen molar-refractivity contribution < 1.29 is 27.1 Å². The van der Waals surface area contributed by atoms with Gasteiger partial charge in [0.15, 0.2) is 0 Å². The first kappa shape index (κ1) is 15.3. The summed E-state index contributed by atoms with van der Waals surface area (Å²) in [6, 6.07) is 0.250. The van der Waals surface area contributed by atoms with Gasteiger partial charge in [0.25, 0.3) is 5.92 Å². The molecule has 0 heterocycles. The van der Waals surface area contributed by atoms with E-state index >= 15 is 0 Å². The molecule has 0 bridgehead atoms. The normalized spacial score (nSPS) is 14.7. The van der Waals surface area contributed by atoms with Crippen molar-refractivity contribution in [3.05, 3.63) is 33.8 Å². The van der Waals surface area contributed by atoms with Gasteiger partial charge < -0.3 is 10.8 Å². The molecule has 0 unspecified atom stereocenters. The van der Waals surface area contributed by atoms with Crippen LogP contribution in [0.2, 0.25) is 0 Å². The van der Waals surface area contributed by atoms with Crippen LogP contribution in [0, 0.1) is 0 Å². The lowest BCUT2D eigenvalue weighted by Gasteiger charge is -2.23. The van der Waals surface area contributed by atoms with Crippen LogP contribution in [0.4, 0.5) is 22.0 Å². The maximum Gasteiger partial charge on any atom is 0.416 e. The van der Waals surface area contributed by atoms with Crippen molar-refractivity contribution >= 4 is 15.9 Å². The number of aliphatic hydroxyl groups excluding tert-OH is 1. The van der Waals surface area contributed by atoms with Gasteiger partial charge in [-0.05, 0) is 23.8 Å². The first-order chi connectivity index (χ1) is 8.09. The minimum absolute atomic E-state index is 0.0242. The highest BCUT2D eigenvalue weighted by Gasteiger charge is 2.39. The predicted molar refractivity (Wildman–Crippen MR) is 58.1 cm³/mol. The van der Waals surface area contributed by atoms with E-state index in [1.54, 1.807) is 0 Å². The van der Waals surface area contributed by atoms with E-state index in [0.717, 1.165) is 12.1 Å². The van der Waals surface area contributed by atoms with E-state index in [-0.39, 0.29) is 4.47 Å². The summed E-state index contributed by atoms with van der Waals surface area (Å²) in [6.45, 7) is -1.54. The summed E-state index contributed by atoms with van der Waals surface area (Å²) in [5, 5.41) is 8.48. The topological polar surface area (TPSA) is 46.2 Å². The van der Waals surface area contributed by atoms with E-state index in [1.165, 1.54) is 0 Å². The third-order valence-corrected chi connectivity index (χ3v) is 3.05. The summed E-state index contributed by atoms with van der Waals surface area (Å²) in [5.41, 5.74) is 3.70. The molecule has 18 heavy (non-hydrogen) atoms. The first-order valence-corrected chi connectivity index (χ1v) is 5.50. The number of hydrogen-bond acceptors (Lipinski definition) is 2. The molecule has 0 aromatic heterocycles. The van der Waals surface area contributed by atoms with Gasteiger partial charge in [-0.25, -0.2) is 8.78 Å². The number of alkyl halides is 5. The third-order valence-electron chi connectivity index (χ3n) is 2.32. The lowest BCUT2D eigenvalue weighted by molar-refractivity contribution is -0.137. The Morgan fingerprint density at radius 1 is 1.22 bits per heavy atom. The van der Waals surface area contributed by atoms with E-state index in [1.807, 2.05) is 0 Å². The highest BCUT2D eigenvalue weighted by atomic mass is 79.9. The Labute approximate surface area is 108 Å². The Kier molecular flexibility index (Phi) is 4.34. The second-order valence-corrected chi connectivity index (χ2v) is 4.49. The molecule has 0 saturated carbocycles. The van der Waals surface area contributed by atoms with Crippen LogP contribution in [0.5, 0.6) is 0 Å². The minimum atomic E-state index is -4.65. The molecular weight excluding hydrogens is 325 g/mol. The monoisotopic (exact) mass is 333 g/mol. The Morgan fingerprint density at radius 3 is 2.22 bits per heavy atom. The Bertz CT molecular complexity index is 435. The lowest BCUT2D eigenvalue weighted by Crippen LogP contribution is -2.36. The molecule has 8 heteroatoms. The standard InChI is InChI=1S/C10H9BrF5NO/c11-7-2-1-5(10(14,15)16)3-6(7)8(17)9(12,13)4-18/h1-3,8,18H,4,17H2/t8-/m1/s1. The first-order valence-electron chi connectivity index (χ1n) is 4.70. The smallest absolute Gasteiger partial charge is 0.390 e. The molecule has 0 aliphatic heterocycles. The van der Waals surface area contributed by atoms with Gasteiger partial charge in [-0.3, -0.25) is 0 Å². The maximum atomic E-state index is 13.2. The molecule has 0 amide bonds. The SMILES string of the molecule is N[C@H](c1cc(C(F)(F)F)ccc1Br)C(F)(F)CO. The van der Waals surface area contributed by atoms with Crippen molar-refractivity contribution in [1.82, 2.24) is 0 Å². The molecule has 1 atom stereocenters. The minimum Gasteiger partial charge on any atom is -0.390 e. The summed E-state index contributed by atoms with van der Waals surface area (Å²) in [4.78, 5) is 0. The molecule has 0 aliphatic rings. The highest BCUT2D eigenvalue weighted by molar-refractivity contribution is 9.10. The largest absolute Gasteiger partial charge is 0.416 e. The fourth-order valence-electron chi connectivity index (χ4n) is 1.28. The molecule has 3 N–H and O–H groups in total. The zero-order valence-electron chi connectivity index (χ0n) is 8.81. The maximum absolute atomic E-state index is 13.2. The number of benzene rings is 1. The third kappa shape index (κ3) is 3.18. The molecule has 0 fully saturated rings. The van der Waals surface area contributed by atoms with Crippen LogP contribution in [0.1, 0.15) is 17.2 Å². The summed E-state index contributed by atoms with van der Waals surface area (Å²) in [7, 11) is 0. The zero-order chi connectivity index (χ0) is 14.1. The van der Waals surface area contributed by atoms with Gasteiger partial charge in [0, 0.05) is 4.47 Å². The number of hydrogen-bond donors (Lipinski definition) is 2. The Morgan fingerprint density at radius 2 is 1.78 bits per heavy atom. The molecule has 0 radical (unpaired) electrons. The van der Waals surface area contributed by atoms with E-state index in [9.17, 15) is 22.0 Å². The molecule has 2 nitrogen and oxygen atoms in total. The number of aliphatic hydroxyl groups is 1. The number of nitrogens with two attached hydrogens (primary N) is 1. The van der Waals surface area contributed by atoms with Crippen molar-refractivity contribution in [2.24, 2.45) is 5.73 Å². The van der Waals surface area contributed by atoms with E-state index < -0.39 is 35.9 Å². The fourth-order valence-corrected chi connectivity index (χ4v) is 1.78. The Hall–Kier alpha value is -0.730. The molecule has 1 rings (SSSR count). The molecule has 1 aromatic carbocycles. The lowest BCUT2D eigenvalue weighted by atomic mass is 9.99. The molecule has 0 saturated heterocycles. The van der Waals surface area contributed by atoms with Crippen LogP contribution in [0.3, 0.4) is 0 Å². The van der Waals surface area contributed by atoms with Crippen molar-refractivity contribution in [3.63, 3.8) is 0 Å². The molecule has 102 valence electrons. The summed E-state index contributed by atoms with van der Waals surface area (Å²) in [5.74, 6) is -3.70. The van der Waals surface area contributed by atoms with Crippen molar-refractivity contribution in [3.8, 4) is 0 Å². The van der Waals surface area contributed by atoms with Crippen LogP contribution in [0.15, 0.2) is 22.7 Å². The van der Waals surface area contributed by atoms with Gasteiger partial charge in [-0.2, -0.15) is 13.2 Å². The molecule has 0 aliphatic carbocycles. The summed E-state index contributed by atoms with van der Waals surface area (Å²) in [6.07, 6.45) is -4.65. The fraction of sp³-hybridized carbons (Fsp3) is 0.400. The van der Waals surface area contributed by atoms with Gasteiger partial charge >= 0.3 is 6.18 Å². The van der Waals surface area contributed by atoms with Gasteiger partial charge in [0.2, 0.25) is 0 Å². The molecular formula is C10H9BrF5NO. The van der Waals surface area contributed by atoms with Crippen LogP contribution in [-0.2, 0) is 6.18 Å². The van der Waals surface area contributed by atoms with E-state index in [2.05, 4.69) is 15.9 Å². The molecule has 0 spiro atoms. The van der Waals surface area contributed by atoms with Crippen LogP contribution < -0.4 is 5.73 Å². The number of halogens is 6. The average molecular weight is 334 g/mol. The number of rotatable bonds is 3. The summed E-state index contributed by atoms with van der Waals surface area (Å²) >= 11 is 2.86. The van der Waals surface area contributed by atoms with Crippen molar-refractivity contribution in [1.29, 1.82) is 0 Å². The van der Waals surface area contributed by atoms with Gasteiger partial charge in [-0.1, -0.05) is 15.9 Å². The van der Waals surface area contributed by atoms with Crippen molar-refractivity contribution in [2.45, 2.75) is 18.1 Å². The predicted octanol–water partition coefficient (Wildman–Crippen LogP) is 3.10. The average Bonchev–Trinajstić information content (AvgIpc) is 2.27. The van der Waals surface area contributed by atoms with Crippen LogP contribution >= 0.6 is 15.9 Å². The van der Waals surface area contributed by atoms with E-state index in [0.29, 0.717) is 6.07 Å².